The average Bonchev–Trinajstić information content (AvgIpc) is 2.67. The molecule has 0 spiro atoms. The van der Waals surface area contributed by atoms with E-state index in [0.29, 0.717) is 0 Å². The third kappa shape index (κ3) is 3.10. The molecule has 52 valence electrons. The molecule has 2 heteroatoms. The fraction of sp³-hybridized carbons (Fsp3) is 0. The van der Waals surface area contributed by atoms with Crippen molar-refractivity contribution in [1.29, 1.82) is 0 Å². The van der Waals surface area contributed by atoms with E-state index in [-0.39, 0.29) is 0 Å². The smallest absolute Gasteiger partial charge is 0.0902 e. The third-order valence-electron chi connectivity index (χ3n) is 0.851. The molecule has 2 heterocycles. The van der Waals surface area contributed by atoms with Gasteiger partial charge in [0, 0.05) is 0 Å². The van der Waals surface area contributed by atoms with E-state index in [1.165, 1.54) is 0 Å². The Morgan fingerprint density at radius 3 is 1.60 bits per heavy atom. The van der Waals surface area contributed by atoms with Gasteiger partial charge in [0.1, 0.15) is 0 Å². The van der Waals surface area contributed by atoms with Crippen molar-refractivity contribution in [1.82, 2.24) is 0 Å². The molecule has 0 amide bonds. The van der Waals surface area contributed by atoms with E-state index in [1.807, 2.05) is 35.0 Å². The second-order valence-corrected chi connectivity index (χ2v) is 2.40. The molecule has 0 saturated heterocycles. The summed E-state index contributed by atoms with van der Waals surface area (Å²) < 4.78 is 4.58. The van der Waals surface area contributed by atoms with Crippen LogP contribution in [0.2, 0.25) is 0 Å². The number of rotatable bonds is 0. The van der Waals surface area contributed by atoms with Crippen molar-refractivity contribution in [2.45, 2.75) is 0 Å². The van der Waals surface area contributed by atoms with Gasteiger partial charge in [-0.3, -0.25) is 0 Å². The van der Waals surface area contributed by atoms with Gasteiger partial charge in [-0.2, -0.15) is 11.3 Å². The van der Waals surface area contributed by atoms with Crippen LogP contribution in [0.15, 0.2) is 52.0 Å². The van der Waals surface area contributed by atoms with Gasteiger partial charge in [0.25, 0.3) is 0 Å². The molecule has 0 atom stereocenters. The van der Waals surface area contributed by atoms with E-state index < -0.39 is 0 Å². The zero-order chi connectivity index (χ0) is 7.07. The topological polar surface area (TPSA) is 13.1 Å². The fourth-order valence-electron chi connectivity index (χ4n) is 0.454. The maximum atomic E-state index is 4.58. The summed E-state index contributed by atoms with van der Waals surface area (Å²) in [5.74, 6) is 0. The van der Waals surface area contributed by atoms with Crippen LogP contribution in [-0.4, -0.2) is 0 Å². The molecule has 0 aliphatic heterocycles. The lowest BCUT2D eigenvalue weighted by Gasteiger charge is -1.50. The van der Waals surface area contributed by atoms with Crippen LogP contribution in [0.1, 0.15) is 0 Å². The van der Waals surface area contributed by atoms with Crippen LogP contribution in [0.5, 0.6) is 0 Å². The van der Waals surface area contributed by atoms with E-state index in [4.69, 9.17) is 0 Å². The van der Waals surface area contributed by atoms with Crippen molar-refractivity contribution in [3.05, 3.63) is 47.6 Å². The second kappa shape index (κ2) is 4.82. The minimum Gasteiger partial charge on any atom is -0.473 e. The average molecular weight is 152 g/mol. The zero-order valence-electron chi connectivity index (χ0n) is 5.44. The van der Waals surface area contributed by atoms with Gasteiger partial charge in [0.15, 0.2) is 0 Å². The summed E-state index contributed by atoms with van der Waals surface area (Å²) in [6.07, 6.45) is 3.25. The number of hydrogen-bond donors (Lipinski definition) is 0. The molecule has 0 unspecified atom stereocenters. The molecule has 0 aromatic carbocycles. The molecule has 0 aliphatic carbocycles. The van der Waals surface area contributed by atoms with Gasteiger partial charge in [-0.1, -0.05) is 12.1 Å². The molecule has 2 aromatic rings. The summed E-state index contributed by atoms with van der Waals surface area (Å²) in [6, 6.07) is 7.70. The van der Waals surface area contributed by atoms with E-state index >= 15 is 0 Å². The number of furan rings is 1. The van der Waals surface area contributed by atoms with Crippen LogP contribution < -0.4 is 0 Å². The van der Waals surface area contributed by atoms with E-state index in [0.717, 1.165) is 0 Å². The largest absolute Gasteiger partial charge is 0.473 e. The lowest BCUT2D eigenvalue weighted by Crippen LogP contribution is -1.16. The molecule has 0 fully saturated rings. The first kappa shape index (κ1) is 7.09. The molecule has 0 aliphatic rings. The Bertz CT molecular complexity index is 148. The number of thiophene rings is 1. The highest BCUT2D eigenvalue weighted by Gasteiger charge is 1.59. The summed E-state index contributed by atoms with van der Waals surface area (Å²) in [7, 11) is 0. The van der Waals surface area contributed by atoms with E-state index in [9.17, 15) is 0 Å². The molecule has 10 heavy (non-hydrogen) atoms. The normalized spacial score (nSPS) is 8.00. The minimum atomic E-state index is 1.62. The first-order chi connectivity index (χ1) is 5.00. The standard InChI is InChI=1S/C4H4O.C4H4S/c2*1-2-4-5-3-1/h2*1-4H. The van der Waals surface area contributed by atoms with E-state index in [1.54, 1.807) is 23.9 Å². The summed E-state index contributed by atoms with van der Waals surface area (Å²) in [4.78, 5) is 0. The van der Waals surface area contributed by atoms with Gasteiger partial charge >= 0.3 is 0 Å². The summed E-state index contributed by atoms with van der Waals surface area (Å²) >= 11 is 1.71. The summed E-state index contributed by atoms with van der Waals surface area (Å²) in [6.45, 7) is 0. The molecule has 0 N–H and O–H groups in total. The maximum Gasteiger partial charge on any atom is 0.0902 e. The van der Waals surface area contributed by atoms with Crippen LogP contribution >= 0.6 is 11.3 Å². The molecule has 2 aromatic heterocycles. The molecular weight excluding hydrogens is 144 g/mol. The lowest BCUT2D eigenvalue weighted by molar-refractivity contribution is 0.567. The lowest BCUT2D eigenvalue weighted by atomic mass is 10.7. The molecule has 1 nitrogen and oxygen atoms in total. The molecule has 0 saturated carbocycles. The van der Waals surface area contributed by atoms with Gasteiger partial charge in [-0.15, -0.1) is 0 Å². The molecular formula is C8H8OS. The molecule has 0 radical (unpaired) electrons. The Hall–Kier alpha value is -1.02. The van der Waals surface area contributed by atoms with Crippen molar-refractivity contribution in [3.8, 4) is 0 Å². The Kier molecular flexibility index (Phi) is 3.42. The highest BCUT2D eigenvalue weighted by Crippen LogP contribution is 1.91. The van der Waals surface area contributed by atoms with Crippen LogP contribution in [0.4, 0.5) is 0 Å². The van der Waals surface area contributed by atoms with Crippen molar-refractivity contribution >= 4 is 11.3 Å². The van der Waals surface area contributed by atoms with Crippen molar-refractivity contribution in [3.63, 3.8) is 0 Å². The van der Waals surface area contributed by atoms with Crippen molar-refractivity contribution < 1.29 is 4.42 Å². The van der Waals surface area contributed by atoms with Gasteiger partial charge < -0.3 is 4.42 Å². The third-order valence-corrected chi connectivity index (χ3v) is 1.48. The second-order valence-electron chi connectivity index (χ2n) is 1.59. The predicted molar refractivity (Wildman–Crippen MR) is 43.0 cm³/mol. The van der Waals surface area contributed by atoms with Crippen molar-refractivity contribution in [2.24, 2.45) is 0 Å². The maximum absolute atomic E-state index is 4.58. The highest BCUT2D eigenvalue weighted by atomic mass is 32.1. The Labute approximate surface area is 63.9 Å². The number of hydrogen-bond acceptors (Lipinski definition) is 2. The monoisotopic (exact) mass is 152 g/mol. The molecule has 0 bridgehead atoms. The van der Waals surface area contributed by atoms with Crippen LogP contribution in [0.25, 0.3) is 0 Å². The van der Waals surface area contributed by atoms with Gasteiger partial charge in [0.2, 0.25) is 0 Å². The zero-order valence-corrected chi connectivity index (χ0v) is 6.25. The SMILES string of the molecule is c1ccoc1.c1ccsc1. The van der Waals surface area contributed by atoms with Crippen molar-refractivity contribution in [2.75, 3.05) is 0 Å². The first-order valence-corrected chi connectivity index (χ1v) is 3.89. The van der Waals surface area contributed by atoms with Crippen LogP contribution in [0, 0.1) is 0 Å². The first-order valence-electron chi connectivity index (χ1n) is 2.94. The van der Waals surface area contributed by atoms with E-state index in [2.05, 4.69) is 4.42 Å². The Morgan fingerprint density at radius 2 is 1.40 bits per heavy atom. The van der Waals surface area contributed by atoms with Gasteiger partial charge in [0.05, 0.1) is 12.5 Å². The minimum absolute atomic E-state index is 1.62. The Balaban J connectivity index is 0.0000001000. The van der Waals surface area contributed by atoms with Crippen LogP contribution in [0.3, 0.4) is 0 Å². The Morgan fingerprint density at radius 1 is 0.800 bits per heavy atom. The van der Waals surface area contributed by atoms with Crippen LogP contribution in [-0.2, 0) is 0 Å². The summed E-state index contributed by atoms with van der Waals surface area (Å²) in [5.41, 5.74) is 0. The predicted octanol–water partition coefficient (Wildman–Crippen LogP) is 3.03. The quantitative estimate of drug-likeness (QED) is 0.565. The summed E-state index contributed by atoms with van der Waals surface area (Å²) in [5, 5.41) is 4.08. The highest BCUT2D eigenvalue weighted by molar-refractivity contribution is 7.07. The molecule has 2 rings (SSSR count). The van der Waals surface area contributed by atoms with Gasteiger partial charge in [-0.05, 0) is 22.9 Å². The van der Waals surface area contributed by atoms with Gasteiger partial charge in [-0.25, -0.2) is 0 Å². The fourth-order valence-corrected chi connectivity index (χ4v) is 0.907.